The third-order valence-corrected chi connectivity index (χ3v) is 5.25. The number of amides is 1. The fraction of sp³-hybridized carbons (Fsp3) is 0.700. The fourth-order valence-corrected chi connectivity index (χ4v) is 3.96. The zero-order valence-electron chi connectivity index (χ0n) is 18.6. The molecule has 1 heterocycles. The van der Waals surface area contributed by atoms with E-state index >= 15 is 0 Å². The molecular weight excluding hydrogens is 453 g/mol. The molecule has 1 saturated heterocycles. The van der Waals surface area contributed by atoms with Crippen molar-refractivity contribution in [2.24, 2.45) is 11.3 Å². The number of alkyl halides is 3. The van der Waals surface area contributed by atoms with Crippen molar-refractivity contribution in [2.45, 2.75) is 52.3 Å². The van der Waals surface area contributed by atoms with E-state index < -0.39 is 85.2 Å². The van der Waals surface area contributed by atoms with Gasteiger partial charge in [-0.15, -0.1) is 0 Å². The van der Waals surface area contributed by atoms with Gasteiger partial charge in [0, 0.05) is 18.9 Å². The summed E-state index contributed by atoms with van der Waals surface area (Å²) in [4.78, 5) is 63.7. The Balaban J connectivity index is 4.11. The number of likely N-dealkylation sites (tertiary alicyclic amines) is 1. The highest BCUT2D eigenvalue weighted by Gasteiger charge is 2.73. The number of nitrogens with zero attached hydrogens (tertiary/aromatic N) is 2. The van der Waals surface area contributed by atoms with E-state index in [1.54, 1.807) is 6.07 Å². The lowest BCUT2D eigenvalue weighted by Crippen LogP contribution is -2.75. The van der Waals surface area contributed by atoms with E-state index in [0.29, 0.717) is 0 Å². The van der Waals surface area contributed by atoms with E-state index in [2.05, 4.69) is 0 Å². The second kappa shape index (κ2) is 10.6. The van der Waals surface area contributed by atoms with Gasteiger partial charge in [0.2, 0.25) is 5.54 Å². The number of ether oxygens (including phenoxy) is 3. The SMILES string of the molecule is CCOC(=O)C1(C(=O)OCC)[C@H](CC(C)=O)[C@](C#N)(C(=O)OCC)CCN1C(=O)C(F)(F)F. The Bertz CT molecular complexity index is 833. The quantitative estimate of drug-likeness (QED) is 0.287. The summed E-state index contributed by atoms with van der Waals surface area (Å²) in [6.07, 6.45) is -7.17. The van der Waals surface area contributed by atoms with Crippen molar-refractivity contribution in [3.8, 4) is 6.07 Å². The molecule has 184 valence electrons. The van der Waals surface area contributed by atoms with Crippen LogP contribution in [0.2, 0.25) is 0 Å². The molecule has 1 rings (SSSR count). The summed E-state index contributed by atoms with van der Waals surface area (Å²) in [5.41, 5.74) is -5.67. The predicted molar refractivity (Wildman–Crippen MR) is 102 cm³/mol. The van der Waals surface area contributed by atoms with Crippen LogP contribution in [0, 0.1) is 22.7 Å². The van der Waals surface area contributed by atoms with Crippen LogP contribution in [0.1, 0.15) is 40.5 Å². The molecule has 0 unspecified atom stereocenters. The number of carbonyl (C=O) groups is 5. The summed E-state index contributed by atoms with van der Waals surface area (Å²) < 4.78 is 55.1. The van der Waals surface area contributed by atoms with Crippen LogP contribution in [-0.4, -0.2) is 72.6 Å². The minimum Gasteiger partial charge on any atom is -0.465 e. The number of Topliss-reactive ketones (excluding diaryl/α,β-unsaturated/α-hetero) is 1. The minimum atomic E-state index is -5.54. The van der Waals surface area contributed by atoms with Crippen LogP contribution in [0.4, 0.5) is 13.2 Å². The lowest BCUT2D eigenvalue weighted by Gasteiger charge is -2.52. The molecule has 0 radical (unpaired) electrons. The third kappa shape index (κ3) is 4.94. The zero-order valence-corrected chi connectivity index (χ0v) is 18.6. The summed E-state index contributed by atoms with van der Waals surface area (Å²) in [6.45, 7) is 2.84. The molecule has 0 bridgehead atoms. The molecule has 0 saturated carbocycles. The first-order chi connectivity index (χ1) is 15.3. The van der Waals surface area contributed by atoms with Gasteiger partial charge in [-0.1, -0.05) is 0 Å². The van der Waals surface area contributed by atoms with Gasteiger partial charge in [0.15, 0.2) is 5.41 Å². The second-order valence-corrected chi connectivity index (χ2v) is 7.17. The standard InChI is InChI=1S/C20H25F3N2O8/c1-5-31-15(28)18(11-24)8-9-25(14(27)20(21,22)23)19(16(29)32-6-2,17(30)33-7-3)13(18)10-12(4)26/h13H,5-10H2,1-4H3/t13-,18+/m1/s1. The van der Waals surface area contributed by atoms with Crippen molar-refractivity contribution in [3.63, 3.8) is 0 Å². The molecule has 0 spiro atoms. The second-order valence-electron chi connectivity index (χ2n) is 7.17. The smallest absolute Gasteiger partial charge is 0.465 e. The number of halogens is 3. The van der Waals surface area contributed by atoms with E-state index in [1.165, 1.54) is 20.8 Å². The Hall–Kier alpha value is -3.17. The number of nitriles is 1. The molecule has 0 aromatic carbocycles. The Morgan fingerprint density at radius 3 is 1.79 bits per heavy atom. The highest BCUT2D eigenvalue weighted by molar-refractivity contribution is 6.10. The number of piperidine rings is 1. The monoisotopic (exact) mass is 478 g/mol. The van der Waals surface area contributed by atoms with Crippen molar-refractivity contribution < 1.29 is 51.4 Å². The molecule has 1 amide bonds. The molecule has 13 heteroatoms. The van der Waals surface area contributed by atoms with E-state index in [9.17, 15) is 42.4 Å². The maximum absolute atomic E-state index is 13.5. The number of carbonyl (C=O) groups excluding carboxylic acids is 5. The topological polar surface area (TPSA) is 140 Å². The van der Waals surface area contributed by atoms with E-state index in [4.69, 9.17) is 14.2 Å². The van der Waals surface area contributed by atoms with E-state index in [-0.39, 0.29) is 11.5 Å². The van der Waals surface area contributed by atoms with Gasteiger partial charge in [0.05, 0.1) is 25.9 Å². The molecule has 1 aliphatic rings. The molecule has 0 N–H and O–H groups in total. The predicted octanol–water partition coefficient (Wildman–Crippen LogP) is 1.31. The van der Waals surface area contributed by atoms with Crippen LogP contribution < -0.4 is 0 Å². The van der Waals surface area contributed by atoms with Crippen molar-refractivity contribution in [2.75, 3.05) is 26.4 Å². The Kier molecular flexibility index (Phi) is 8.98. The number of esters is 3. The molecule has 0 aromatic heterocycles. The molecule has 1 aliphatic heterocycles. The zero-order chi connectivity index (χ0) is 25.6. The molecular formula is C20H25F3N2O8. The lowest BCUT2D eigenvalue weighted by atomic mass is 9.59. The van der Waals surface area contributed by atoms with Crippen LogP contribution in [0.5, 0.6) is 0 Å². The van der Waals surface area contributed by atoms with Crippen LogP contribution in [0.25, 0.3) is 0 Å². The fourth-order valence-electron chi connectivity index (χ4n) is 3.96. The van der Waals surface area contributed by atoms with E-state index in [0.717, 1.165) is 6.92 Å². The summed E-state index contributed by atoms with van der Waals surface area (Å²) in [6, 6.07) is 1.64. The molecule has 0 aliphatic carbocycles. The van der Waals surface area contributed by atoms with Gasteiger partial charge in [-0.2, -0.15) is 18.4 Å². The molecule has 33 heavy (non-hydrogen) atoms. The number of rotatable bonds is 8. The van der Waals surface area contributed by atoms with Gasteiger partial charge in [0.25, 0.3) is 0 Å². The van der Waals surface area contributed by atoms with Crippen molar-refractivity contribution in [3.05, 3.63) is 0 Å². The maximum Gasteiger partial charge on any atom is 0.471 e. The van der Waals surface area contributed by atoms with Gasteiger partial charge in [-0.3, -0.25) is 9.59 Å². The minimum absolute atomic E-state index is 0.106. The van der Waals surface area contributed by atoms with Crippen LogP contribution in [0.15, 0.2) is 0 Å². The first kappa shape index (κ1) is 27.9. The van der Waals surface area contributed by atoms with Gasteiger partial charge in [-0.25, -0.2) is 9.59 Å². The Labute approximate surface area is 187 Å². The van der Waals surface area contributed by atoms with Gasteiger partial charge < -0.3 is 23.9 Å². The van der Waals surface area contributed by atoms with Crippen molar-refractivity contribution in [1.29, 1.82) is 5.26 Å². The van der Waals surface area contributed by atoms with Gasteiger partial charge in [0.1, 0.15) is 5.78 Å². The average Bonchev–Trinajstić information content (AvgIpc) is 2.72. The first-order valence-corrected chi connectivity index (χ1v) is 10.1. The number of hydrogen-bond acceptors (Lipinski definition) is 9. The highest BCUT2D eigenvalue weighted by Crippen LogP contribution is 2.51. The lowest BCUT2D eigenvalue weighted by molar-refractivity contribution is -0.215. The summed E-state index contributed by atoms with van der Waals surface area (Å²) in [5.74, 6) is -10.0. The Morgan fingerprint density at radius 1 is 0.970 bits per heavy atom. The van der Waals surface area contributed by atoms with Crippen molar-refractivity contribution in [1.82, 2.24) is 4.90 Å². The van der Waals surface area contributed by atoms with Crippen LogP contribution >= 0.6 is 0 Å². The highest BCUT2D eigenvalue weighted by atomic mass is 19.4. The molecule has 2 atom stereocenters. The largest absolute Gasteiger partial charge is 0.471 e. The molecule has 0 aromatic rings. The Morgan fingerprint density at radius 2 is 1.42 bits per heavy atom. The van der Waals surface area contributed by atoms with Crippen molar-refractivity contribution >= 4 is 29.6 Å². The number of hydrogen-bond donors (Lipinski definition) is 0. The summed E-state index contributed by atoms with van der Waals surface area (Å²) in [5, 5.41) is 9.97. The molecule has 1 fully saturated rings. The number of ketones is 1. The van der Waals surface area contributed by atoms with Gasteiger partial charge >= 0.3 is 30.0 Å². The first-order valence-electron chi connectivity index (χ1n) is 10.1. The third-order valence-electron chi connectivity index (χ3n) is 5.25. The van der Waals surface area contributed by atoms with Crippen LogP contribution in [-0.2, 0) is 38.2 Å². The average molecular weight is 478 g/mol. The molecule has 10 nitrogen and oxygen atoms in total. The maximum atomic E-state index is 13.5. The summed E-state index contributed by atoms with van der Waals surface area (Å²) >= 11 is 0. The van der Waals surface area contributed by atoms with Crippen LogP contribution in [0.3, 0.4) is 0 Å². The summed E-state index contributed by atoms with van der Waals surface area (Å²) in [7, 11) is 0. The normalized spacial score (nSPS) is 22.0. The van der Waals surface area contributed by atoms with Gasteiger partial charge in [-0.05, 0) is 34.1 Å². The van der Waals surface area contributed by atoms with E-state index in [1.807, 2.05) is 0 Å².